The molecule has 3 atom stereocenters. The summed E-state index contributed by atoms with van der Waals surface area (Å²) in [5.74, 6) is 1.17. The molecule has 0 bridgehead atoms. The number of imidazole rings is 1. The van der Waals surface area contributed by atoms with E-state index in [2.05, 4.69) is 21.8 Å². The van der Waals surface area contributed by atoms with Crippen molar-refractivity contribution in [3.05, 3.63) is 18.2 Å². The summed E-state index contributed by atoms with van der Waals surface area (Å²) in [5, 5.41) is 0. The molecule has 0 aromatic carbocycles. The Balaban J connectivity index is 1.63. The topological polar surface area (TPSA) is 49.0 Å². The molecule has 2 aliphatic carbocycles. The van der Waals surface area contributed by atoms with Gasteiger partial charge in [0.2, 0.25) is 6.41 Å². The van der Waals surface area contributed by atoms with Crippen molar-refractivity contribution in [1.29, 1.82) is 0 Å². The molecule has 1 N–H and O–H groups in total. The number of hydrogen-bond donors (Lipinski definition) is 1. The van der Waals surface area contributed by atoms with Gasteiger partial charge in [0.25, 0.3) is 0 Å². The number of aromatic amines is 1. The fraction of sp³-hybridized carbons (Fsp3) is 0.733. The van der Waals surface area contributed by atoms with Crippen LogP contribution in [0.3, 0.4) is 0 Å². The predicted molar refractivity (Wildman–Crippen MR) is 73.7 cm³/mol. The lowest BCUT2D eigenvalue weighted by molar-refractivity contribution is -0.121. The molecular weight excluding hydrogens is 238 g/mol. The maximum atomic E-state index is 11.5. The maximum absolute atomic E-state index is 11.5. The second kappa shape index (κ2) is 5.35. The first kappa shape index (κ1) is 12.7. The van der Waals surface area contributed by atoms with Crippen molar-refractivity contribution in [2.45, 2.75) is 63.5 Å². The quantitative estimate of drug-likeness (QED) is 0.828. The van der Waals surface area contributed by atoms with Crippen molar-refractivity contribution in [3.63, 3.8) is 0 Å². The fourth-order valence-corrected chi connectivity index (χ4v) is 3.65. The largest absolute Gasteiger partial charge is 0.348 e. The molecule has 3 rings (SSSR count). The first-order chi connectivity index (χ1) is 9.31. The number of nitrogens with zero attached hydrogens (tertiary/aromatic N) is 2. The lowest BCUT2D eigenvalue weighted by Crippen LogP contribution is -2.40. The van der Waals surface area contributed by atoms with Crippen molar-refractivity contribution in [2.24, 2.45) is 5.92 Å². The van der Waals surface area contributed by atoms with Crippen LogP contribution >= 0.6 is 0 Å². The highest BCUT2D eigenvalue weighted by atomic mass is 16.1. The molecule has 2 fully saturated rings. The van der Waals surface area contributed by atoms with E-state index < -0.39 is 0 Å². The molecule has 1 heterocycles. The van der Waals surface area contributed by atoms with Gasteiger partial charge in [-0.3, -0.25) is 4.79 Å². The van der Waals surface area contributed by atoms with Crippen LogP contribution in [0, 0.1) is 5.92 Å². The molecule has 4 nitrogen and oxygen atoms in total. The molecule has 0 aliphatic heterocycles. The monoisotopic (exact) mass is 261 g/mol. The van der Waals surface area contributed by atoms with Crippen LogP contribution in [0.15, 0.2) is 12.5 Å². The van der Waals surface area contributed by atoms with Gasteiger partial charge in [-0.15, -0.1) is 0 Å². The summed E-state index contributed by atoms with van der Waals surface area (Å²) < 4.78 is 0. The van der Waals surface area contributed by atoms with Gasteiger partial charge in [-0.25, -0.2) is 4.98 Å². The minimum atomic E-state index is 0.384. The number of H-pyrrole nitrogens is 1. The van der Waals surface area contributed by atoms with Crippen LogP contribution in [0.5, 0.6) is 0 Å². The number of carbonyl (C=O) groups excluding carboxylic acids is 1. The van der Waals surface area contributed by atoms with Crippen LogP contribution in [-0.2, 0) is 4.79 Å². The molecule has 1 amide bonds. The zero-order valence-corrected chi connectivity index (χ0v) is 11.6. The second-order valence-electron chi connectivity index (χ2n) is 6.11. The van der Waals surface area contributed by atoms with Crippen molar-refractivity contribution in [3.8, 4) is 0 Å². The molecule has 2 saturated carbocycles. The summed E-state index contributed by atoms with van der Waals surface area (Å²) in [6.45, 7) is 2.23. The van der Waals surface area contributed by atoms with Crippen LogP contribution in [0.2, 0.25) is 0 Å². The molecular formula is C15H23N3O. The average Bonchev–Trinajstić information content (AvgIpc) is 3.04. The number of nitrogens with one attached hydrogen (secondary N) is 1. The number of rotatable bonds is 5. The molecule has 4 heteroatoms. The summed E-state index contributed by atoms with van der Waals surface area (Å²) >= 11 is 0. The lowest BCUT2D eigenvalue weighted by atomic mass is 9.84. The van der Waals surface area contributed by atoms with Gasteiger partial charge in [0, 0.05) is 29.9 Å². The van der Waals surface area contributed by atoms with E-state index in [1.807, 2.05) is 6.20 Å². The minimum absolute atomic E-state index is 0.384. The highest BCUT2D eigenvalue weighted by Crippen LogP contribution is 2.45. The third-order valence-corrected chi connectivity index (χ3v) is 4.98. The predicted octanol–water partition coefficient (Wildman–Crippen LogP) is 2.69. The Morgan fingerprint density at radius 1 is 1.42 bits per heavy atom. The SMILES string of the molecule is CC(C1CCCCC1)N(C=O)C1CC1c1cnc[nH]1. The van der Waals surface area contributed by atoms with Crippen LogP contribution in [0.25, 0.3) is 0 Å². The van der Waals surface area contributed by atoms with Gasteiger partial charge in [0.05, 0.1) is 6.33 Å². The third kappa shape index (κ3) is 2.53. The first-order valence-corrected chi connectivity index (χ1v) is 7.52. The van der Waals surface area contributed by atoms with Gasteiger partial charge in [-0.1, -0.05) is 19.3 Å². The van der Waals surface area contributed by atoms with E-state index in [9.17, 15) is 4.79 Å². The number of hydrogen-bond acceptors (Lipinski definition) is 2. The maximum Gasteiger partial charge on any atom is 0.210 e. The number of aromatic nitrogens is 2. The van der Waals surface area contributed by atoms with Crippen molar-refractivity contribution >= 4 is 6.41 Å². The summed E-state index contributed by atoms with van der Waals surface area (Å²) in [5.41, 5.74) is 1.17. The Morgan fingerprint density at radius 3 is 2.84 bits per heavy atom. The molecule has 0 spiro atoms. The van der Waals surface area contributed by atoms with E-state index in [0.717, 1.165) is 12.8 Å². The molecule has 1 aromatic heterocycles. The first-order valence-electron chi connectivity index (χ1n) is 7.52. The third-order valence-electron chi connectivity index (χ3n) is 4.98. The standard InChI is InChI=1S/C15H23N3O/c1-11(12-5-3-2-4-6-12)18(10-19)15-7-13(15)14-8-16-9-17-14/h8-13,15H,2-7H2,1H3,(H,16,17). The molecule has 19 heavy (non-hydrogen) atoms. The summed E-state index contributed by atoms with van der Waals surface area (Å²) in [6, 6.07) is 0.769. The van der Waals surface area contributed by atoms with Gasteiger partial charge >= 0.3 is 0 Å². The van der Waals surface area contributed by atoms with E-state index in [4.69, 9.17) is 0 Å². The number of amides is 1. The van der Waals surface area contributed by atoms with E-state index in [0.29, 0.717) is 23.9 Å². The minimum Gasteiger partial charge on any atom is -0.348 e. The van der Waals surface area contributed by atoms with E-state index in [1.165, 1.54) is 37.8 Å². The van der Waals surface area contributed by atoms with E-state index in [-0.39, 0.29) is 0 Å². The Bertz CT molecular complexity index is 411. The highest BCUT2D eigenvalue weighted by Gasteiger charge is 2.45. The van der Waals surface area contributed by atoms with E-state index >= 15 is 0 Å². The van der Waals surface area contributed by atoms with Crippen LogP contribution in [0.4, 0.5) is 0 Å². The summed E-state index contributed by atoms with van der Waals surface area (Å²) in [6.07, 6.45) is 12.4. The van der Waals surface area contributed by atoms with Crippen molar-refractivity contribution in [1.82, 2.24) is 14.9 Å². The molecule has 0 radical (unpaired) electrons. The Morgan fingerprint density at radius 2 is 2.21 bits per heavy atom. The van der Waals surface area contributed by atoms with Crippen molar-refractivity contribution < 1.29 is 4.79 Å². The Labute approximate surface area is 114 Å². The fourth-order valence-electron chi connectivity index (χ4n) is 3.65. The molecule has 3 unspecified atom stereocenters. The Kier molecular flexibility index (Phi) is 3.58. The smallest absolute Gasteiger partial charge is 0.210 e. The van der Waals surface area contributed by atoms with Crippen LogP contribution < -0.4 is 0 Å². The lowest BCUT2D eigenvalue weighted by Gasteiger charge is -2.34. The molecule has 2 aliphatic rings. The average molecular weight is 261 g/mol. The summed E-state index contributed by atoms with van der Waals surface area (Å²) in [7, 11) is 0. The molecule has 1 aromatic rings. The van der Waals surface area contributed by atoms with Crippen molar-refractivity contribution in [2.75, 3.05) is 0 Å². The van der Waals surface area contributed by atoms with Gasteiger partial charge in [0.15, 0.2) is 0 Å². The zero-order chi connectivity index (χ0) is 13.2. The van der Waals surface area contributed by atoms with Gasteiger partial charge < -0.3 is 9.88 Å². The van der Waals surface area contributed by atoms with Crippen LogP contribution in [-0.4, -0.2) is 33.4 Å². The normalized spacial score (nSPS) is 28.9. The van der Waals surface area contributed by atoms with E-state index in [1.54, 1.807) is 6.33 Å². The highest BCUT2D eigenvalue weighted by molar-refractivity contribution is 5.50. The van der Waals surface area contributed by atoms with Gasteiger partial charge in [-0.05, 0) is 32.1 Å². The Hall–Kier alpha value is -1.32. The zero-order valence-electron chi connectivity index (χ0n) is 11.6. The van der Waals surface area contributed by atoms with Gasteiger partial charge in [-0.2, -0.15) is 0 Å². The molecule has 104 valence electrons. The second-order valence-corrected chi connectivity index (χ2v) is 6.11. The van der Waals surface area contributed by atoms with Crippen LogP contribution in [0.1, 0.15) is 57.1 Å². The molecule has 0 saturated heterocycles. The summed E-state index contributed by atoms with van der Waals surface area (Å²) in [4.78, 5) is 20.8. The number of carbonyl (C=O) groups is 1. The van der Waals surface area contributed by atoms with Gasteiger partial charge in [0.1, 0.15) is 0 Å².